The fourth-order valence-electron chi connectivity index (χ4n) is 2.61. The molecule has 0 bridgehead atoms. The predicted octanol–water partition coefficient (Wildman–Crippen LogP) is 1.73. The Morgan fingerprint density at radius 3 is 1.22 bits per heavy atom. The van der Waals surface area contributed by atoms with Gasteiger partial charge in [-0.1, -0.05) is 41.5 Å². The van der Waals surface area contributed by atoms with E-state index in [1.165, 1.54) is 0 Å². The molecule has 0 rings (SSSR count). The molecule has 0 fully saturated rings. The SMILES string of the molecule is CCN(CC)CC([N])(N(CC)CC)N(CC)CC. The topological polar surface area (TPSA) is 32.0 Å². The summed E-state index contributed by atoms with van der Waals surface area (Å²) in [4.78, 5) is 6.59. The standard InChI is InChI=1S/C14H32N4/c1-7-16(8-2)13-14(15,17(9-3)10-4)18(11-5)12-6/h7-13H2,1-6H3. The molecule has 0 aromatic carbocycles. The molecule has 0 unspecified atom stereocenters. The molecule has 0 aromatic heterocycles. The Balaban J connectivity index is 5.11. The molecule has 0 saturated carbocycles. The summed E-state index contributed by atoms with van der Waals surface area (Å²) >= 11 is 0. The van der Waals surface area contributed by atoms with E-state index in [1.54, 1.807) is 0 Å². The van der Waals surface area contributed by atoms with Crippen LogP contribution in [0.4, 0.5) is 0 Å². The molecule has 2 radical (unpaired) electrons. The molecule has 0 amide bonds. The first-order valence-electron chi connectivity index (χ1n) is 7.48. The minimum absolute atomic E-state index is 0.684. The third kappa shape index (κ3) is 4.19. The van der Waals surface area contributed by atoms with Gasteiger partial charge in [0.2, 0.25) is 0 Å². The summed E-state index contributed by atoms with van der Waals surface area (Å²) in [5.41, 5.74) is 11.2. The van der Waals surface area contributed by atoms with Gasteiger partial charge in [-0.25, -0.2) is 0 Å². The fourth-order valence-corrected chi connectivity index (χ4v) is 2.61. The van der Waals surface area contributed by atoms with Gasteiger partial charge in [0.05, 0.1) is 0 Å². The molecule has 18 heavy (non-hydrogen) atoms. The van der Waals surface area contributed by atoms with E-state index in [1.807, 2.05) is 0 Å². The van der Waals surface area contributed by atoms with Crippen molar-refractivity contribution in [3.63, 3.8) is 0 Å². The van der Waals surface area contributed by atoms with Crippen LogP contribution in [-0.4, -0.2) is 66.3 Å². The van der Waals surface area contributed by atoms with E-state index in [0.717, 1.165) is 39.3 Å². The van der Waals surface area contributed by atoms with Gasteiger partial charge in [-0.05, 0) is 39.3 Å². The van der Waals surface area contributed by atoms with Gasteiger partial charge in [0.15, 0.2) is 5.79 Å². The maximum absolute atomic E-state index is 11.2. The van der Waals surface area contributed by atoms with E-state index < -0.39 is 5.79 Å². The lowest BCUT2D eigenvalue weighted by molar-refractivity contribution is -0.0727. The van der Waals surface area contributed by atoms with E-state index in [4.69, 9.17) is 0 Å². The zero-order valence-electron chi connectivity index (χ0n) is 13.2. The van der Waals surface area contributed by atoms with Crippen LogP contribution in [0.2, 0.25) is 0 Å². The number of rotatable bonds is 10. The molecule has 108 valence electrons. The molecule has 0 spiro atoms. The lowest BCUT2D eigenvalue weighted by Crippen LogP contribution is -2.66. The van der Waals surface area contributed by atoms with Gasteiger partial charge in [0.1, 0.15) is 0 Å². The number of nitrogens with zero attached hydrogens (tertiary/aromatic N) is 4. The first-order valence-corrected chi connectivity index (χ1v) is 7.48. The second kappa shape index (κ2) is 8.86. The molecule has 0 N–H and O–H groups in total. The van der Waals surface area contributed by atoms with E-state index in [-0.39, 0.29) is 0 Å². The van der Waals surface area contributed by atoms with Crippen molar-refractivity contribution in [3.8, 4) is 0 Å². The highest BCUT2D eigenvalue weighted by molar-refractivity contribution is 4.86. The minimum atomic E-state index is -0.848. The molecule has 0 aliphatic carbocycles. The van der Waals surface area contributed by atoms with Crippen molar-refractivity contribution >= 4 is 0 Å². The fraction of sp³-hybridized carbons (Fsp3) is 1.00. The van der Waals surface area contributed by atoms with Crippen molar-refractivity contribution in [1.29, 1.82) is 0 Å². The molecular weight excluding hydrogens is 224 g/mol. The monoisotopic (exact) mass is 256 g/mol. The van der Waals surface area contributed by atoms with Gasteiger partial charge >= 0.3 is 0 Å². The van der Waals surface area contributed by atoms with Crippen LogP contribution < -0.4 is 5.73 Å². The highest BCUT2D eigenvalue weighted by Gasteiger charge is 2.39. The predicted molar refractivity (Wildman–Crippen MR) is 78.5 cm³/mol. The summed E-state index contributed by atoms with van der Waals surface area (Å²) in [6.45, 7) is 18.8. The first-order chi connectivity index (χ1) is 8.53. The second-order valence-corrected chi connectivity index (χ2v) is 4.58. The smallest absolute Gasteiger partial charge is 0.174 e. The van der Waals surface area contributed by atoms with Crippen molar-refractivity contribution in [2.75, 3.05) is 45.8 Å². The zero-order valence-corrected chi connectivity index (χ0v) is 13.2. The molecule has 0 aliphatic rings. The normalized spacial score (nSPS) is 13.0. The van der Waals surface area contributed by atoms with Crippen molar-refractivity contribution in [2.45, 2.75) is 47.3 Å². The number of hydrogen-bond donors (Lipinski definition) is 0. The lowest BCUT2D eigenvalue weighted by atomic mass is 10.2. The third-order valence-corrected chi connectivity index (χ3v) is 3.87. The van der Waals surface area contributed by atoms with Crippen molar-refractivity contribution < 1.29 is 0 Å². The van der Waals surface area contributed by atoms with Crippen LogP contribution in [0, 0.1) is 0 Å². The number of hydrogen-bond acceptors (Lipinski definition) is 3. The molecule has 0 heterocycles. The summed E-state index contributed by atoms with van der Waals surface area (Å²) in [5.74, 6) is -0.848. The Labute approximate surface area is 114 Å². The summed E-state index contributed by atoms with van der Waals surface area (Å²) in [6, 6.07) is 0. The van der Waals surface area contributed by atoms with Crippen LogP contribution >= 0.6 is 0 Å². The molecule has 4 nitrogen and oxygen atoms in total. The minimum Gasteiger partial charge on any atom is -0.299 e. The van der Waals surface area contributed by atoms with Gasteiger partial charge in [-0.3, -0.25) is 14.7 Å². The average molecular weight is 256 g/mol. The van der Waals surface area contributed by atoms with Crippen LogP contribution in [0.25, 0.3) is 0 Å². The molecule has 0 aliphatic heterocycles. The Kier molecular flexibility index (Phi) is 8.78. The lowest BCUT2D eigenvalue weighted by Gasteiger charge is -2.47. The Morgan fingerprint density at radius 2 is 1.00 bits per heavy atom. The van der Waals surface area contributed by atoms with E-state index in [9.17, 15) is 5.73 Å². The highest BCUT2D eigenvalue weighted by Crippen LogP contribution is 2.18. The van der Waals surface area contributed by atoms with Gasteiger partial charge < -0.3 is 0 Å². The Hall–Kier alpha value is -0.160. The van der Waals surface area contributed by atoms with E-state index in [2.05, 4.69) is 56.2 Å². The van der Waals surface area contributed by atoms with Gasteiger partial charge in [-0.15, -0.1) is 5.73 Å². The van der Waals surface area contributed by atoms with E-state index in [0.29, 0.717) is 6.54 Å². The van der Waals surface area contributed by atoms with Crippen molar-refractivity contribution in [2.24, 2.45) is 0 Å². The van der Waals surface area contributed by atoms with Crippen LogP contribution in [-0.2, 0) is 0 Å². The van der Waals surface area contributed by atoms with Crippen LogP contribution in [0.15, 0.2) is 0 Å². The number of likely N-dealkylation sites (N-methyl/N-ethyl adjacent to an activating group) is 3. The molecule has 4 heteroatoms. The highest BCUT2D eigenvalue weighted by atomic mass is 15.5. The largest absolute Gasteiger partial charge is 0.299 e. The Bertz CT molecular complexity index is 184. The molecule has 0 aromatic rings. The van der Waals surface area contributed by atoms with Crippen LogP contribution in [0.3, 0.4) is 0 Å². The summed E-state index contributed by atoms with van der Waals surface area (Å²) < 4.78 is 0. The summed E-state index contributed by atoms with van der Waals surface area (Å²) in [7, 11) is 0. The first kappa shape index (κ1) is 17.8. The average Bonchev–Trinajstić information content (AvgIpc) is 2.38. The second-order valence-electron chi connectivity index (χ2n) is 4.58. The van der Waals surface area contributed by atoms with Gasteiger partial charge in [0.25, 0.3) is 0 Å². The summed E-state index contributed by atoms with van der Waals surface area (Å²) in [6.07, 6.45) is 0. The van der Waals surface area contributed by atoms with Crippen molar-refractivity contribution in [3.05, 3.63) is 0 Å². The Morgan fingerprint density at radius 1 is 0.667 bits per heavy atom. The molecule has 0 atom stereocenters. The molecular formula is C14H32N4. The van der Waals surface area contributed by atoms with E-state index >= 15 is 0 Å². The third-order valence-electron chi connectivity index (χ3n) is 3.87. The van der Waals surface area contributed by atoms with Crippen LogP contribution in [0.5, 0.6) is 0 Å². The molecule has 0 saturated heterocycles. The van der Waals surface area contributed by atoms with Crippen LogP contribution in [0.1, 0.15) is 41.5 Å². The quantitative estimate of drug-likeness (QED) is 0.558. The summed E-state index contributed by atoms with van der Waals surface area (Å²) in [5, 5.41) is 0. The van der Waals surface area contributed by atoms with Crippen molar-refractivity contribution in [1.82, 2.24) is 20.4 Å². The van der Waals surface area contributed by atoms with Gasteiger partial charge in [0, 0.05) is 6.54 Å². The zero-order chi connectivity index (χ0) is 14.2. The maximum atomic E-state index is 11.2. The maximum Gasteiger partial charge on any atom is 0.174 e. The van der Waals surface area contributed by atoms with Gasteiger partial charge in [-0.2, -0.15) is 0 Å².